The molecule has 0 radical (unpaired) electrons. The minimum Gasteiger partial charge on any atom is -0.489 e. The van der Waals surface area contributed by atoms with Crippen LogP contribution in [0.15, 0.2) is 54.7 Å². The number of alkyl halides is 3. The minimum absolute atomic E-state index is 0.0346. The molecular formula is C40H43F3N10O7. The molecule has 4 aromatic rings. The van der Waals surface area contributed by atoms with Gasteiger partial charge in [-0.05, 0) is 50.6 Å². The van der Waals surface area contributed by atoms with Gasteiger partial charge in [-0.25, -0.2) is 4.98 Å². The molecule has 0 bridgehead atoms. The number of carbonyl (C=O) groups is 6. The molecule has 60 heavy (non-hydrogen) atoms. The van der Waals surface area contributed by atoms with Crippen LogP contribution in [0.25, 0.3) is 10.9 Å². The van der Waals surface area contributed by atoms with Gasteiger partial charge in [-0.15, -0.1) is 0 Å². The fourth-order valence-electron chi connectivity index (χ4n) is 7.33. The van der Waals surface area contributed by atoms with Gasteiger partial charge in [0.05, 0.1) is 47.2 Å². The number of piperidine rings is 1. The van der Waals surface area contributed by atoms with Crippen LogP contribution in [-0.2, 0) is 27.1 Å². The highest BCUT2D eigenvalue weighted by molar-refractivity contribution is 6.25. The largest absolute Gasteiger partial charge is 0.489 e. The normalized spacial score (nSPS) is 17.1. The van der Waals surface area contributed by atoms with Crippen LogP contribution in [0.3, 0.4) is 0 Å². The fourth-order valence-corrected chi connectivity index (χ4v) is 7.33. The number of halogens is 3. The zero-order valence-electron chi connectivity index (χ0n) is 32.8. The number of fused-ring (bicyclic) bond motifs is 2. The van der Waals surface area contributed by atoms with Gasteiger partial charge in [0.2, 0.25) is 17.7 Å². The zero-order valence-corrected chi connectivity index (χ0v) is 32.8. The van der Waals surface area contributed by atoms with Gasteiger partial charge >= 0.3 is 6.18 Å². The van der Waals surface area contributed by atoms with E-state index in [1.54, 1.807) is 60.0 Å². The summed E-state index contributed by atoms with van der Waals surface area (Å²) < 4.78 is 47.1. The third-order valence-corrected chi connectivity index (χ3v) is 10.2. The molecule has 2 aromatic carbocycles. The van der Waals surface area contributed by atoms with Crippen molar-refractivity contribution in [3.05, 3.63) is 77.2 Å². The quantitative estimate of drug-likeness (QED) is 0.107. The van der Waals surface area contributed by atoms with E-state index in [1.165, 1.54) is 6.07 Å². The van der Waals surface area contributed by atoms with Crippen molar-refractivity contribution in [3.8, 4) is 5.75 Å². The molecule has 7 rings (SSSR count). The lowest BCUT2D eigenvalue weighted by atomic mass is 10.0. The van der Waals surface area contributed by atoms with Gasteiger partial charge in [-0.3, -0.25) is 43.7 Å². The molecule has 0 spiro atoms. The van der Waals surface area contributed by atoms with E-state index in [1.807, 2.05) is 4.90 Å². The van der Waals surface area contributed by atoms with Crippen LogP contribution < -0.4 is 30.9 Å². The van der Waals surface area contributed by atoms with Gasteiger partial charge in [0.25, 0.3) is 17.7 Å². The number of rotatable bonds is 14. The first-order chi connectivity index (χ1) is 28.7. The number of anilines is 2. The lowest BCUT2D eigenvalue weighted by molar-refractivity contribution is -0.141. The lowest BCUT2D eigenvalue weighted by Gasteiger charge is -2.37. The van der Waals surface area contributed by atoms with Crippen LogP contribution in [0.5, 0.6) is 5.75 Å². The molecule has 1 unspecified atom stereocenters. The molecule has 0 aliphatic carbocycles. The highest BCUT2D eigenvalue weighted by atomic mass is 19.4. The molecule has 3 aliphatic heterocycles. The van der Waals surface area contributed by atoms with Gasteiger partial charge < -0.3 is 30.5 Å². The molecule has 3 aliphatic rings. The summed E-state index contributed by atoms with van der Waals surface area (Å²) in [5.74, 6) is -2.84. The molecule has 6 amide bonds. The zero-order chi connectivity index (χ0) is 42.7. The molecule has 17 nitrogen and oxygen atoms in total. The summed E-state index contributed by atoms with van der Waals surface area (Å²) in [6.45, 7) is 7.55. The molecular weight excluding hydrogens is 789 g/mol. The Bertz CT molecular complexity index is 2340. The summed E-state index contributed by atoms with van der Waals surface area (Å²) in [5.41, 5.74) is 0.276. The molecule has 2 saturated heterocycles. The van der Waals surface area contributed by atoms with Crippen molar-refractivity contribution in [2.24, 2.45) is 0 Å². The molecule has 2 fully saturated rings. The van der Waals surface area contributed by atoms with Gasteiger partial charge in [0.15, 0.2) is 0 Å². The first-order valence-corrected chi connectivity index (χ1v) is 19.5. The van der Waals surface area contributed by atoms with E-state index in [9.17, 15) is 41.9 Å². The number of benzene rings is 2. The van der Waals surface area contributed by atoms with E-state index < -0.39 is 53.1 Å². The number of nitrogens with one attached hydrogen (secondary N) is 4. The predicted molar refractivity (Wildman–Crippen MR) is 210 cm³/mol. The van der Waals surface area contributed by atoms with Crippen molar-refractivity contribution in [2.45, 2.75) is 51.6 Å². The molecule has 4 N–H and O–H groups in total. The number of aromatic nitrogens is 3. The Kier molecular flexibility index (Phi) is 12.1. The molecule has 1 atom stereocenters. The SMILES string of the molecule is CC(C)Oc1cc2nn(CCNCCNCC(=O)N3CCN(c4cccc5c4C(=O)N(C4CCC(=O)NC4=O)C5=O)CC3)cc2cc1NC(=O)c1cccc(C(F)(F)F)n1. The van der Waals surface area contributed by atoms with Crippen molar-refractivity contribution in [3.63, 3.8) is 0 Å². The Morgan fingerprint density at radius 2 is 1.70 bits per heavy atom. The monoisotopic (exact) mass is 832 g/mol. The molecule has 2 aromatic heterocycles. The number of hydrogen-bond acceptors (Lipinski definition) is 12. The average Bonchev–Trinajstić information content (AvgIpc) is 3.72. The molecule has 0 saturated carbocycles. The number of piperazine rings is 1. The summed E-state index contributed by atoms with van der Waals surface area (Å²) in [4.78, 5) is 84.9. The second-order valence-corrected chi connectivity index (χ2v) is 14.8. The van der Waals surface area contributed by atoms with Gasteiger partial charge in [-0.1, -0.05) is 12.1 Å². The second kappa shape index (κ2) is 17.4. The fraction of sp³-hybridized carbons (Fsp3) is 0.400. The Balaban J connectivity index is 0.851. The maximum atomic E-state index is 13.5. The van der Waals surface area contributed by atoms with Gasteiger partial charge in [-0.2, -0.15) is 18.3 Å². The number of amides is 6. The Hall–Kier alpha value is -6.41. The molecule has 316 valence electrons. The Morgan fingerprint density at radius 1 is 0.950 bits per heavy atom. The Labute approximate surface area is 341 Å². The van der Waals surface area contributed by atoms with Crippen LogP contribution in [-0.4, -0.2) is 125 Å². The van der Waals surface area contributed by atoms with Gasteiger partial charge in [0, 0.05) is 69.9 Å². The van der Waals surface area contributed by atoms with E-state index in [0.29, 0.717) is 74.7 Å². The van der Waals surface area contributed by atoms with Crippen LogP contribution in [0.4, 0.5) is 24.5 Å². The standard InChI is InChI=1S/C40H43F3N10O7/c1-23(2)60-31-20-27-24(19-28(31)47-36(56)26-6-4-8-32(46-26)40(41,42)43)22-52(49-27)14-13-44-11-12-45-21-34(55)51-17-15-50(16-18-51)29-7-3-5-25-35(29)39(59)53(38(25)58)30-9-10-33(54)48-37(30)57/h3-8,19-20,22-23,30,44-45H,9-18,21H2,1-2H3,(H,47,56)(H,48,54,57). The van der Waals surface area contributed by atoms with E-state index in [2.05, 4.69) is 31.3 Å². The summed E-state index contributed by atoms with van der Waals surface area (Å²) in [5, 5.41) is 16.6. The van der Waals surface area contributed by atoms with Crippen molar-refractivity contribution >= 4 is 57.7 Å². The van der Waals surface area contributed by atoms with E-state index >= 15 is 0 Å². The highest BCUT2D eigenvalue weighted by Crippen LogP contribution is 2.35. The van der Waals surface area contributed by atoms with E-state index in [-0.39, 0.29) is 48.2 Å². The number of hydrogen-bond donors (Lipinski definition) is 4. The van der Waals surface area contributed by atoms with Gasteiger partial charge in [0.1, 0.15) is 23.2 Å². The summed E-state index contributed by atoms with van der Waals surface area (Å²) in [6, 6.07) is 10.4. The number of pyridine rings is 1. The van der Waals surface area contributed by atoms with Crippen LogP contribution in [0.1, 0.15) is 63.6 Å². The topological polar surface area (TPSA) is 200 Å². The third kappa shape index (κ3) is 9.08. The van der Waals surface area contributed by atoms with Crippen LogP contribution in [0.2, 0.25) is 0 Å². The highest BCUT2D eigenvalue weighted by Gasteiger charge is 2.46. The van der Waals surface area contributed by atoms with Crippen molar-refractivity contribution in [1.82, 2.24) is 40.5 Å². The summed E-state index contributed by atoms with van der Waals surface area (Å²) in [6.07, 6.45) is -3.08. The number of carbonyl (C=O) groups excluding carboxylic acids is 6. The van der Waals surface area contributed by atoms with Crippen molar-refractivity contribution in [1.29, 1.82) is 0 Å². The first kappa shape index (κ1) is 41.7. The molecule has 20 heteroatoms. The summed E-state index contributed by atoms with van der Waals surface area (Å²) in [7, 11) is 0. The first-order valence-electron chi connectivity index (χ1n) is 19.5. The lowest BCUT2D eigenvalue weighted by Crippen LogP contribution is -2.54. The Morgan fingerprint density at radius 3 is 2.43 bits per heavy atom. The number of ether oxygens (including phenoxy) is 1. The van der Waals surface area contributed by atoms with E-state index in [0.717, 1.165) is 17.0 Å². The minimum atomic E-state index is -4.70. The maximum absolute atomic E-state index is 13.5. The molecule has 5 heterocycles. The predicted octanol–water partition coefficient (Wildman–Crippen LogP) is 2.42. The van der Waals surface area contributed by atoms with E-state index in [4.69, 9.17) is 4.74 Å². The van der Waals surface area contributed by atoms with Crippen molar-refractivity contribution < 1.29 is 46.7 Å². The third-order valence-electron chi connectivity index (χ3n) is 10.2. The maximum Gasteiger partial charge on any atom is 0.433 e. The van der Waals surface area contributed by atoms with Crippen molar-refractivity contribution in [2.75, 3.05) is 62.6 Å². The smallest absolute Gasteiger partial charge is 0.433 e. The van der Waals surface area contributed by atoms with Crippen LogP contribution >= 0.6 is 0 Å². The average molecular weight is 833 g/mol. The summed E-state index contributed by atoms with van der Waals surface area (Å²) >= 11 is 0. The second-order valence-electron chi connectivity index (χ2n) is 14.8. The number of nitrogens with zero attached hydrogens (tertiary/aromatic N) is 6. The van der Waals surface area contributed by atoms with Crippen LogP contribution in [0, 0.1) is 0 Å². The number of imide groups is 2.